The molecular weight excluding hydrogens is 270 g/mol. The van der Waals surface area contributed by atoms with Gasteiger partial charge in [-0.25, -0.2) is 4.79 Å². The maximum atomic E-state index is 11.7. The van der Waals surface area contributed by atoms with E-state index in [0.29, 0.717) is 17.9 Å². The van der Waals surface area contributed by atoms with Crippen LogP contribution in [0.25, 0.3) is 0 Å². The molecule has 0 heterocycles. The summed E-state index contributed by atoms with van der Waals surface area (Å²) in [5, 5.41) is 2.71. The lowest BCUT2D eigenvalue weighted by Crippen LogP contribution is -2.27. The Kier molecular flexibility index (Phi) is 6.37. The summed E-state index contributed by atoms with van der Waals surface area (Å²) in [6.07, 6.45) is 0.785. The maximum absolute atomic E-state index is 11.7. The number of benzene rings is 1. The molecule has 0 bridgehead atoms. The molecule has 0 radical (unpaired) electrons. The molecule has 1 aromatic carbocycles. The third kappa shape index (κ3) is 6.90. The number of rotatable bonds is 6. The van der Waals surface area contributed by atoms with Crippen molar-refractivity contribution >= 4 is 17.6 Å². The first kappa shape index (κ1) is 17.2. The number of ether oxygens (including phenoxy) is 2. The van der Waals surface area contributed by atoms with Gasteiger partial charge in [-0.3, -0.25) is 4.79 Å². The van der Waals surface area contributed by atoms with Crippen LogP contribution >= 0.6 is 0 Å². The van der Waals surface area contributed by atoms with Crippen molar-refractivity contribution in [2.24, 2.45) is 0 Å². The summed E-state index contributed by atoms with van der Waals surface area (Å²) in [7, 11) is 0. The van der Waals surface area contributed by atoms with Crippen LogP contribution < -0.4 is 5.32 Å². The predicted molar refractivity (Wildman–Crippen MR) is 81.4 cm³/mol. The minimum absolute atomic E-state index is 0.0101. The van der Waals surface area contributed by atoms with Gasteiger partial charge in [0.1, 0.15) is 6.61 Å². The zero-order chi connectivity index (χ0) is 15.9. The van der Waals surface area contributed by atoms with Crippen LogP contribution in [-0.2, 0) is 14.3 Å². The second-order valence-electron chi connectivity index (χ2n) is 5.66. The van der Waals surface area contributed by atoms with Gasteiger partial charge in [0.05, 0.1) is 17.8 Å². The highest BCUT2D eigenvalue weighted by Crippen LogP contribution is 2.11. The van der Waals surface area contributed by atoms with Crippen molar-refractivity contribution in [1.29, 1.82) is 0 Å². The fourth-order valence-corrected chi connectivity index (χ4v) is 1.45. The van der Waals surface area contributed by atoms with Crippen molar-refractivity contribution in [3.63, 3.8) is 0 Å². The smallest absolute Gasteiger partial charge is 0.338 e. The summed E-state index contributed by atoms with van der Waals surface area (Å²) >= 11 is 0. The van der Waals surface area contributed by atoms with Crippen molar-refractivity contribution < 1.29 is 19.1 Å². The number of hydrogen-bond donors (Lipinski definition) is 1. The number of anilines is 1. The molecule has 5 heteroatoms. The van der Waals surface area contributed by atoms with Gasteiger partial charge in [0, 0.05) is 5.69 Å². The Morgan fingerprint density at radius 1 is 1.14 bits per heavy atom. The van der Waals surface area contributed by atoms with E-state index in [1.165, 1.54) is 0 Å². The molecule has 1 amide bonds. The molecule has 0 aliphatic rings. The van der Waals surface area contributed by atoms with Gasteiger partial charge in [0.15, 0.2) is 0 Å². The first-order valence-electron chi connectivity index (χ1n) is 7.03. The highest BCUT2D eigenvalue weighted by molar-refractivity contribution is 5.93. The lowest BCUT2D eigenvalue weighted by atomic mass is 10.2. The molecule has 1 N–H and O–H groups in total. The summed E-state index contributed by atoms with van der Waals surface area (Å²) in [6, 6.07) is 6.57. The van der Waals surface area contributed by atoms with Gasteiger partial charge in [-0.05, 0) is 51.5 Å². The minimum atomic E-state index is -0.357. The number of nitrogens with one attached hydrogen (secondary N) is 1. The van der Waals surface area contributed by atoms with Gasteiger partial charge in [-0.15, -0.1) is 0 Å². The Balaban J connectivity index is 2.51. The molecule has 1 aromatic rings. The molecule has 0 aliphatic carbocycles. The van der Waals surface area contributed by atoms with E-state index in [0.717, 1.165) is 6.42 Å². The third-order valence-corrected chi connectivity index (χ3v) is 2.48. The van der Waals surface area contributed by atoms with Crippen molar-refractivity contribution in [2.45, 2.75) is 39.7 Å². The molecule has 116 valence electrons. The molecule has 0 aliphatic heterocycles. The normalized spacial score (nSPS) is 11.0. The number of carbonyl (C=O) groups excluding carboxylic acids is 2. The molecule has 1 rings (SSSR count). The molecule has 0 atom stereocenters. The fraction of sp³-hybridized carbons (Fsp3) is 0.500. The predicted octanol–water partition coefficient (Wildman–Crippen LogP) is 3.01. The largest absolute Gasteiger partial charge is 0.462 e. The Labute approximate surface area is 125 Å². The topological polar surface area (TPSA) is 64.6 Å². The zero-order valence-electron chi connectivity index (χ0n) is 13.1. The van der Waals surface area contributed by atoms with Gasteiger partial charge < -0.3 is 14.8 Å². The standard InChI is InChI=1S/C16H23NO4/c1-5-10-20-15(19)12-6-8-13(9-7-12)17-14(18)11-21-16(2,3)4/h6-9H,5,10-11H2,1-4H3,(H,17,18). The zero-order valence-corrected chi connectivity index (χ0v) is 13.1. The highest BCUT2D eigenvalue weighted by atomic mass is 16.5. The van der Waals surface area contributed by atoms with E-state index in [-0.39, 0.29) is 24.1 Å². The van der Waals surface area contributed by atoms with Gasteiger partial charge in [0.2, 0.25) is 5.91 Å². The summed E-state index contributed by atoms with van der Waals surface area (Å²) in [5.41, 5.74) is 0.724. The van der Waals surface area contributed by atoms with Crippen LogP contribution in [0.5, 0.6) is 0 Å². The monoisotopic (exact) mass is 293 g/mol. The van der Waals surface area contributed by atoms with Crippen molar-refractivity contribution in [1.82, 2.24) is 0 Å². The summed E-state index contributed by atoms with van der Waals surface area (Å²) in [5.74, 6) is -0.586. The second-order valence-corrected chi connectivity index (χ2v) is 5.66. The van der Waals surface area contributed by atoms with E-state index in [9.17, 15) is 9.59 Å². The summed E-state index contributed by atoms with van der Waals surface area (Å²) in [6.45, 7) is 7.99. The van der Waals surface area contributed by atoms with E-state index < -0.39 is 0 Å². The van der Waals surface area contributed by atoms with E-state index in [4.69, 9.17) is 9.47 Å². The highest BCUT2D eigenvalue weighted by Gasteiger charge is 2.13. The molecule has 0 saturated heterocycles. The van der Waals surface area contributed by atoms with E-state index in [2.05, 4.69) is 5.32 Å². The molecule has 0 aromatic heterocycles. The molecule has 0 unspecified atom stereocenters. The first-order chi connectivity index (χ1) is 9.81. The number of esters is 1. The van der Waals surface area contributed by atoms with Crippen molar-refractivity contribution in [3.05, 3.63) is 29.8 Å². The second kappa shape index (κ2) is 7.78. The van der Waals surface area contributed by atoms with Crippen LogP contribution in [0.4, 0.5) is 5.69 Å². The number of hydrogen-bond acceptors (Lipinski definition) is 4. The Morgan fingerprint density at radius 2 is 1.76 bits per heavy atom. The lowest BCUT2D eigenvalue weighted by Gasteiger charge is -2.19. The summed E-state index contributed by atoms with van der Waals surface area (Å²) < 4.78 is 10.4. The van der Waals surface area contributed by atoms with Crippen molar-refractivity contribution in [3.8, 4) is 0 Å². The molecule has 0 spiro atoms. The summed E-state index contributed by atoms with van der Waals surface area (Å²) in [4.78, 5) is 23.3. The average molecular weight is 293 g/mol. The Bertz CT molecular complexity index is 474. The third-order valence-electron chi connectivity index (χ3n) is 2.48. The Hall–Kier alpha value is -1.88. The molecule has 0 saturated carbocycles. The van der Waals surface area contributed by atoms with E-state index >= 15 is 0 Å². The minimum Gasteiger partial charge on any atom is -0.462 e. The van der Waals surface area contributed by atoms with Crippen LogP contribution in [0, 0.1) is 0 Å². The lowest BCUT2D eigenvalue weighted by molar-refractivity contribution is -0.125. The van der Waals surface area contributed by atoms with Crippen LogP contribution in [0.2, 0.25) is 0 Å². The average Bonchev–Trinajstić information content (AvgIpc) is 2.42. The van der Waals surface area contributed by atoms with E-state index in [1.807, 2.05) is 27.7 Å². The van der Waals surface area contributed by atoms with E-state index in [1.54, 1.807) is 24.3 Å². The van der Waals surface area contributed by atoms with Crippen LogP contribution in [0.1, 0.15) is 44.5 Å². The maximum Gasteiger partial charge on any atom is 0.338 e. The van der Waals surface area contributed by atoms with Gasteiger partial charge in [0.25, 0.3) is 0 Å². The molecule has 0 fully saturated rings. The molecule has 21 heavy (non-hydrogen) atoms. The quantitative estimate of drug-likeness (QED) is 0.819. The van der Waals surface area contributed by atoms with Gasteiger partial charge >= 0.3 is 5.97 Å². The van der Waals surface area contributed by atoms with Gasteiger partial charge in [-0.1, -0.05) is 6.92 Å². The molecular formula is C16H23NO4. The number of amides is 1. The van der Waals surface area contributed by atoms with Gasteiger partial charge in [-0.2, -0.15) is 0 Å². The molecule has 5 nitrogen and oxygen atoms in total. The fourth-order valence-electron chi connectivity index (χ4n) is 1.45. The van der Waals surface area contributed by atoms with Crippen LogP contribution in [-0.4, -0.2) is 30.7 Å². The van der Waals surface area contributed by atoms with Crippen LogP contribution in [0.15, 0.2) is 24.3 Å². The van der Waals surface area contributed by atoms with Crippen LogP contribution in [0.3, 0.4) is 0 Å². The van der Waals surface area contributed by atoms with Crippen molar-refractivity contribution in [2.75, 3.05) is 18.5 Å². The first-order valence-corrected chi connectivity index (χ1v) is 7.03. The number of carbonyl (C=O) groups is 2. The Morgan fingerprint density at radius 3 is 2.29 bits per heavy atom. The SMILES string of the molecule is CCCOC(=O)c1ccc(NC(=O)COC(C)(C)C)cc1.